The molecule has 2 amide bonds. The Labute approximate surface area is 122 Å². The van der Waals surface area contributed by atoms with Crippen LogP contribution in [-0.4, -0.2) is 17.1 Å². The molecule has 2 rings (SSSR count). The summed E-state index contributed by atoms with van der Waals surface area (Å²) in [6.07, 6.45) is 0. The molecule has 2 aromatic rings. The van der Waals surface area contributed by atoms with Crippen molar-refractivity contribution in [2.45, 2.75) is 6.54 Å². The highest BCUT2D eigenvalue weighted by Crippen LogP contribution is 2.14. The Hall–Kier alpha value is -3.02. The molecular weight excluding hydrogens is 268 g/mol. The first-order chi connectivity index (χ1) is 10.2. The van der Waals surface area contributed by atoms with Gasteiger partial charge in [0.15, 0.2) is 5.84 Å². The minimum atomic E-state index is -0.364. The van der Waals surface area contributed by atoms with Crippen molar-refractivity contribution in [3.05, 3.63) is 65.7 Å². The van der Waals surface area contributed by atoms with E-state index in [0.717, 1.165) is 5.56 Å². The molecule has 0 aliphatic heterocycles. The normalized spacial score (nSPS) is 11.0. The van der Waals surface area contributed by atoms with Crippen LogP contribution in [0.2, 0.25) is 0 Å². The van der Waals surface area contributed by atoms with E-state index in [2.05, 4.69) is 15.8 Å². The smallest absolute Gasteiger partial charge is 0.319 e. The van der Waals surface area contributed by atoms with E-state index in [1.165, 1.54) is 0 Å². The second-order valence-corrected chi connectivity index (χ2v) is 4.32. The van der Waals surface area contributed by atoms with E-state index < -0.39 is 0 Å². The summed E-state index contributed by atoms with van der Waals surface area (Å²) in [5.41, 5.74) is 7.49. The summed E-state index contributed by atoms with van der Waals surface area (Å²) in [6, 6.07) is 16.0. The lowest BCUT2D eigenvalue weighted by molar-refractivity contribution is 0.251. The van der Waals surface area contributed by atoms with Crippen LogP contribution in [0.25, 0.3) is 0 Å². The van der Waals surface area contributed by atoms with E-state index in [1.807, 2.05) is 30.3 Å². The summed E-state index contributed by atoms with van der Waals surface area (Å²) >= 11 is 0. The van der Waals surface area contributed by atoms with Gasteiger partial charge < -0.3 is 21.6 Å². The lowest BCUT2D eigenvalue weighted by Crippen LogP contribution is -2.29. The van der Waals surface area contributed by atoms with Gasteiger partial charge in [-0.05, 0) is 17.7 Å². The van der Waals surface area contributed by atoms with Crippen molar-refractivity contribution in [3.8, 4) is 0 Å². The summed E-state index contributed by atoms with van der Waals surface area (Å²) in [5, 5.41) is 17.1. The molecule has 0 heterocycles. The maximum absolute atomic E-state index is 11.9. The molecule has 6 nitrogen and oxygen atoms in total. The van der Waals surface area contributed by atoms with Crippen molar-refractivity contribution >= 4 is 17.6 Å². The van der Waals surface area contributed by atoms with Crippen LogP contribution in [-0.2, 0) is 6.54 Å². The van der Waals surface area contributed by atoms with Gasteiger partial charge in [0.1, 0.15) is 0 Å². The van der Waals surface area contributed by atoms with Gasteiger partial charge in [0, 0.05) is 12.1 Å². The summed E-state index contributed by atoms with van der Waals surface area (Å²) < 4.78 is 0. The van der Waals surface area contributed by atoms with Gasteiger partial charge in [-0.2, -0.15) is 0 Å². The number of para-hydroxylation sites is 1. The van der Waals surface area contributed by atoms with Crippen LogP contribution >= 0.6 is 0 Å². The number of nitrogens with zero attached hydrogens (tertiary/aromatic N) is 1. The Morgan fingerprint density at radius 2 is 1.76 bits per heavy atom. The van der Waals surface area contributed by atoms with Crippen molar-refractivity contribution in [2.24, 2.45) is 10.9 Å². The molecule has 0 aliphatic carbocycles. The highest BCUT2D eigenvalue weighted by atomic mass is 16.4. The van der Waals surface area contributed by atoms with Crippen LogP contribution in [0.4, 0.5) is 10.5 Å². The quantitative estimate of drug-likeness (QED) is 0.299. The fourth-order valence-electron chi connectivity index (χ4n) is 1.81. The number of amidine groups is 1. The van der Waals surface area contributed by atoms with Crippen molar-refractivity contribution < 1.29 is 10.0 Å². The number of hydrogen-bond donors (Lipinski definition) is 4. The highest BCUT2D eigenvalue weighted by Gasteiger charge is 2.09. The van der Waals surface area contributed by atoms with Crippen molar-refractivity contribution in [1.29, 1.82) is 0 Å². The highest BCUT2D eigenvalue weighted by molar-refractivity contribution is 6.05. The number of carbonyl (C=O) groups is 1. The maximum Gasteiger partial charge on any atom is 0.319 e. The summed E-state index contributed by atoms with van der Waals surface area (Å²) in [4.78, 5) is 11.9. The minimum Gasteiger partial charge on any atom is -0.409 e. The molecule has 0 saturated carbocycles. The van der Waals surface area contributed by atoms with Gasteiger partial charge in [0.2, 0.25) is 0 Å². The molecule has 0 aliphatic rings. The molecule has 0 spiro atoms. The predicted molar refractivity (Wildman–Crippen MR) is 81.3 cm³/mol. The Morgan fingerprint density at radius 3 is 2.48 bits per heavy atom. The Kier molecular flexibility index (Phi) is 4.76. The Morgan fingerprint density at radius 1 is 1.10 bits per heavy atom. The van der Waals surface area contributed by atoms with Gasteiger partial charge in [0.25, 0.3) is 0 Å². The van der Waals surface area contributed by atoms with Crippen LogP contribution in [0.5, 0.6) is 0 Å². The molecule has 0 fully saturated rings. The molecule has 0 bridgehead atoms. The SMILES string of the molecule is N/C(=N/O)c1ccccc1NC(=O)NCc1ccccc1. The summed E-state index contributed by atoms with van der Waals surface area (Å²) in [7, 11) is 0. The van der Waals surface area contributed by atoms with Crippen LogP contribution in [0.1, 0.15) is 11.1 Å². The number of benzene rings is 2. The third-order valence-electron chi connectivity index (χ3n) is 2.85. The molecule has 5 N–H and O–H groups in total. The van der Waals surface area contributed by atoms with Gasteiger partial charge in [-0.3, -0.25) is 0 Å². The van der Waals surface area contributed by atoms with E-state index >= 15 is 0 Å². The lowest BCUT2D eigenvalue weighted by atomic mass is 10.1. The number of anilines is 1. The number of amides is 2. The monoisotopic (exact) mass is 284 g/mol. The molecule has 0 unspecified atom stereocenters. The molecule has 21 heavy (non-hydrogen) atoms. The Balaban J connectivity index is 2.00. The third kappa shape index (κ3) is 3.97. The molecule has 0 aromatic heterocycles. The van der Waals surface area contributed by atoms with Crippen LogP contribution in [0.15, 0.2) is 59.8 Å². The molecule has 108 valence electrons. The van der Waals surface area contributed by atoms with Gasteiger partial charge in [-0.15, -0.1) is 0 Å². The van der Waals surface area contributed by atoms with Gasteiger partial charge in [0.05, 0.1) is 5.69 Å². The first-order valence-corrected chi connectivity index (χ1v) is 6.36. The molecule has 0 radical (unpaired) electrons. The second kappa shape index (κ2) is 6.95. The maximum atomic E-state index is 11.9. The van der Waals surface area contributed by atoms with Crippen LogP contribution in [0, 0.1) is 0 Å². The second-order valence-electron chi connectivity index (χ2n) is 4.32. The minimum absolute atomic E-state index is 0.0611. The zero-order valence-electron chi connectivity index (χ0n) is 11.3. The van der Waals surface area contributed by atoms with Crippen molar-refractivity contribution in [3.63, 3.8) is 0 Å². The van der Waals surface area contributed by atoms with Crippen LogP contribution < -0.4 is 16.4 Å². The average Bonchev–Trinajstić information content (AvgIpc) is 2.54. The van der Waals surface area contributed by atoms with Gasteiger partial charge in [-0.1, -0.05) is 47.6 Å². The molecule has 2 aromatic carbocycles. The fraction of sp³-hybridized carbons (Fsp3) is 0.0667. The largest absolute Gasteiger partial charge is 0.409 e. The van der Waals surface area contributed by atoms with Crippen molar-refractivity contribution in [2.75, 3.05) is 5.32 Å². The molecule has 0 saturated heterocycles. The van der Waals surface area contributed by atoms with Crippen LogP contribution in [0.3, 0.4) is 0 Å². The fourth-order valence-corrected chi connectivity index (χ4v) is 1.81. The first-order valence-electron chi connectivity index (χ1n) is 6.36. The van der Waals surface area contributed by atoms with E-state index in [9.17, 15) is 4.79 Å². The standard InChI is InChI=1S/C15H16N4O2/c16-14(19-21)12-8-4-5-9-13(12)18-15(20)17-10-11-6-2-1-3-7-11/h1-9,21H,10H2,(H2,16,19)(H2,17,18,20). The topological polar surface area (TPSA) is 99.7 Å². The van der Waals surface area contributed by atoms with E-state index in [1.54, 1.807) is 24.3 Å². The molecule has 6 heteroatoms. The predicted octanol–water partition coefficient (Wildman–Crippen LogP) is 2.10. The number of hydrogen-bond acceptors (Lipinski definition) is 3. The number of rotatable bonds is 4. The van der Waals surface area contributed by atoms with E-state index in [4.69, 9.17) is 10.9 Å². The zero-order chi connectivity index (χ0) is 15.1. The third-order valence-corrected chi connectivity index (χ3v) is 2.85. The number of carbonyl (C=O) groups excluding carboxylic acids is 1. The molecular formula is C15H16N4O2. The molecule has 0 atom stereocenters. The first kappa shape index (κ1) is 14.4. The number of nitrogens with two attached hydrogens (primary N) is 1. The van der Waals surface area contributed by atoms with Crippen molar-refractivity contribution in [1.82, 2.24) is 5.32 Å². The lowest BCUT2D eigenvalue weighted by Gasteiger charge is -2.11. The van der Waals surface area contributed by atoms with Gasteiger partial charge >= 0.3 is 6.03 Å². The average molecular weight is 284 g/mol. The zero-order valence-corrected chi connectivity index (χ0v) is 11.3. The van der Waals surface area contributed by atoms with E-state index in [0.29, 0.717) is 17.8 Å². The number of urea groups is 1. The van der Waals surface area contributed by atoms with Gasteiger partial charge in [-0.25, -0.2) is 4.79 Å². The number of oxime groups is 1. The van der Waals surface area contributed by atoms with E-state index in [-0.39, 0.29) is 11.9 Å². The number of nitrogens with one attached hydrogen (secondary N) is 2. The summed E-state index contributed by atoms with van der Waals surface area (Å²) in [6.45, 7) is 0.415. The Bertz CT molecular complexity index is 641. The summed E-state index contributed by atoms with van der Waals surface area (Å²) in [5.74, 6) is -0.0611.